The highest BCUT2D eigenvalue weighted by atomic mass is 16.6. The Balaban J connectivity index is 2.93. The van der Waals surface area contributed by atoms with Gasteiger partial charge in [0, 0.05) is 0 Å². The number of nitro groups is 1. The smallest absolute Gasteiger partial charge is 0.390 e. The van der Waals surface area contributed by atoms with Gasteiger partial charge in [0.25, 0.3) is 0 Å². The molecule has 1 aromatic heterocycles. The maximum absolute atomic E-state index is 9.75. The van der Waals surface area contributed by atoms with E-state index in [-0.39, 0.29) is 5.95 Å². The highest BCUT2D eigenvalue weighted by Gasteiger charge is 2.01. The molecule has 0 aliphatic rings. The van der Waals surface area contributed by atoms with Crippen molar-refractivity contribution in [3.05, 3.63) is 22.5 Å². The number of nitrogens with one attached hydrogen (secondary N) is 1. The predicted molar refractivity (Wildman–Crippen MR) is 24.1 cm³/mol. The van der Waals surface area contributed by atoms with Crippen LogP contribution < -0.4 is 0 Å². The molecular weight excluding hydrogens is 110 g/mol. The van der Waals surface area contributed by atoms with Crippen LogP contribution in [-0.2, 0) is 0 Å². The van der Waals surface area contributed by atoms with Gasteiger partial charge in [-0.3, -0.25) is 0 Å². The lowest BCUT2D eigenvalue weighted by atomic mass is 11.0. The lowest BCUT2D eigenvalue weighted by Gasteiger charge is -1.83. The van der Waals surface area contributed by atoms with Crippen molar-refractivity contribution in [2.75, 3.05) is 0 Å². The maximum atomic E-state index is 9.75. The highest BCUT2D eigenvalue weighted by Crippen LogP contribution is 1.95. The van der Waals surface area contributed by atoms with E-state index in [0.29, 0.717) is 0 Å². The van der Waals surface area contributed by atoms with Gasteiger partial charge in [0.05, 0.1) is 0 Å². The zero-order valence-corrected chi connectivity index (χ0v) is 3.79. The van der Waals surface area contributed by atoms with Gasteiger partial charge in [0.2, 0.25) is 0 Å². The Kier molecular flexibility index (Phi) is 0.957. The quantitative estimate of drug-likeness (QED) is 0.414. The molecule has 1 aromatic rings. The van der Waals surface area contributed by atoms with E-state index in [0.717, 1.165) is 0 Å². The summed E-state index contributed by atoms with van der Waals surface area (Å²) in [5.41, 5.74) is 0. The zero-order valence-electron chi connectivity index (χ0n) is 3.79. The molecule has 5 nitrogen and oxygen atoms in total. The van der Waals surface area contributed by atoms with Crippen LogP contribution in [0.1, 0.15) is 0 Å². The topological polar surface area (TPSA) is 71.8 Å². The van der Waals surface area contributed by atoms with Gasteiger partial charge in [0.1, 0.15) is 6.20 Å². The van der Waals surface area contributed by atoms with Crippen LogP contribution in [0.25, 0.3) is 0 Å². The van der Waals surface area contributed by atoms with E-state index in [4.69, 9.17) is 0 Å². The zero-order chi connectivity index (χ0) is 5.98. The summed E-state index contributed by atoms with van der Waals surface area (Å²) in [4.78, 5) is 14.6. The molecule has 0 aliphatic heterocycles. The molecule has 0 aromatic carbocycles. The number of H-pyrrole nitrogens is 1. The van der Waals surface area contributed by atoms with Crippen molar-refractivity contribution in [1.29, 1.82) is 0 Å². The molecule has 0 fully saturated rings. The van der Waals surface area contributed by atoms with E-state index in [1.54, 1.807) is 0 Å². The molecule has 8 heavy (non-hydrogen) atoms. The standard InChI is InChI=1S/C3H2N3O2/c7-6(8)3-4-1-2-5-3/h1H,(H,4,5). The molecule has 0 amide bonds. The predicted octanol–water partition coefficient (Wildman–Crippen LogP) is 0.118. The number of nitrogens with zero attached hydrogens (tertiary/aromatic N) is 2. The van der Waals surface area contributed by atoms with E-state index in [1.165, 1.54) is 6.20 Å². The van der Waals surface area contributed by atoms with E-state index >= 15 is 0 Å². The van der Waals surface area contributed by atoms with E-state index in [1.807, 2.05) is 0 Å². The first kappa shape index (κ1) is 4.76. The number of hydrogen-bond donors (Lipinski definition) is 1. The van der Waals surface area contributed by atoms with Crippen molar-refractivity contribution in [3.63, 3.8) is 0 Å². The molecular formula is C3H2N3O2. The first-order chi connectivity index (χ1) is 3.80. The monoisotopic (exact) mass is 112 g/mol. The van der Waals surface area contributed by atoms with Crippen LogP contribution in [0.2, 0.25) is 0 Å². The second kappa shape index (κ2) is 1.61. The first-order valence-electron chi connectivity index (χ1n) is 1.86. The first-order valence-corrected chi connectivity index (χ1v) is 1.86. The molecule has 0 saturated carbocycles. The number of imidazole rings is 1. The van der Waals surface area contributed by atoms with Gasteiger partial charge >= 0.3 is 5.95 Å². The van der Waals surface area contributed by atoms with Crippen molar-refractivity contribution in [2.45, 2.75) is 0 Å². The summed E-state index contributed by atoms with van der Waals surface area (Å²) in [5, 5.41) is 9.75. The SMILES string of the molecule is O=[N+]([O-])c1nc[c][nH]1. The van der Waals surface area contributed by atoms with Crippen molar-refractivity contribution < 1.29 is 4.92 Å². The molecule has 0 saturated heterocycles. The molecule has 0 atom stereocenters. The normalized spacial score (nSPS) is 9.00. The van der Waals surface area contributed by atoms with Crippen LogP contribution in [0.15, 0.2) is 6.20 Å². The lowest BCUT2D eigenvalue weighted by Crippen LogP contribution is -1.88. The van der Waals surface area contributed by atoms with Gasteiger partial charge in [-0.2, -0.15) is 0 Å². The summed E-state index contributed by atoms with van der Waals surface area (Å²) >= 11 is 0. The Labute approximate surface area is 44.5 Å². The fourth-order valence-corrected chi connectivity index (χ4v) is 0.315. The molecule has 0 unspecified atom stereocenters. The van der Waals surface area contributed by atoms with Gasteiger partial charge in [0.15, 0.2) is 6.20 Å². The van der Waals surface area contributed by atoms with Gasteiger partial charge in [-0.25, -0.2) is 4.98 Å². The Bertz CT molecular complexity index is 180. The summed E-state index contributed by atoms with van der Waals surface area (Å²) in [5.74, 6) is -0.273. The van der Waals surface area contributed by atoms with Gasteiger partial charge in [-0.1, -0.05) is 4.98 Å². The van der Waals surface area contributed by atoms with Gasteiger partial charge < -0.3 is 10.1 Å². The average molecular weight is 112 g/mol. The van der Waals surface area contributed by atoms with E-state index in [9.17, 15) is 10.1 Å². The molecule has 1 N–H and O–H groups in total. The van der Waals surface area contributed by atoms with Gasteiger partial charge in [-0.05, 0) is 4.92 Å². The average Bonchev–Trinajstić information content (AvgIpc) is 2.12. The largest absolute Gasteiger partial charge is 0.432 e. The van der Waals surface area contributed by atoms with Crippen LogP contribution >= 0.6 is 0 Å². The van der Waals surface area contributed by atoms with Crippen LogP contribution in [0.4, 0.5) is 5.95 Å². The molecule has 1 radical (unpaired) electrons. The Morgan fingerprint density at radius 2 is 2.75 bits per heavy atom. The third kappa shape index (κ3) is 0.651. The minimum Gasteiger partial charge on any atom is -0.390 e. The summed E-state index contributed by atoms with van der Waals surface area (Å²) in [6.45, 7) is 0. The molecule has 0 spiro atoms. The van der Waals surface area contributed by atoms with Crippen LogP contribution in [0, 0.1) is 16.3 Å². The molecule has 1 heterocycles. The second-order valence-corrected chi connectivity index (χ2v) is 1.11. The van der Waals surface area contributed by atoms with E-state index < -0.39 is 4.92 Å². The second-order valence-electron chi connectivity index (χ2n) is 1.11. The number of aromatic amines is 1. The Morgan fingerprint density at radius 3 is 3.00 bits per heavy atom. The fraction of sp³-hybridized carbons (Fsp3) is 0. The van der Waals surface area contributed by atoms with Gasteiger partial charge in [-0.15, -0.1) is 0 Å². The number of hydrogen-bond acceptors (Lipinski definition) is 3. The fourth-order valence-electron chi connectivity index (χ4n) is 0.315. The summed E-state index contributed by atoms with van der Waals surface area (Å²) < 4.78 is 0. The minimum absolute atomic E-state index is 0.273. The minimum atomic E-state index is -0.615. The number of aromatic nitrogens is 2. The van der Waals surface area contributed by atoms with Crippen molar-refractivity contribution in [1.82, 2.24) is 9.97 Å². The maximum Gasteiger partial charge on any atom is 0.432 e. The summed E-state index contributed by atoms with van der Waals surface area (Å²) in [7, 11) is 0. The Morgan fingerprint density at radius 1 is 2.00 bits per heavy atom. The molecule has 0 aliphatic carbocycles. The third-order valence-electron chi connectivity index (χ3n) is 0.608. The molecule has 5 heteroatoms. The van der Waals surface area contributed by atoms with Crippen LogP contribution in [0.5, 0.6) is 0 Å². The molecule has 41 valence electrons. The highest BCUT2D eigenvalue weighted by molar-refractivity contribution is 4.99. The summed E-state index contributed by atoms with van der Waals surface area (Å²) in [6, 6.07) is 0. The third-order valence-corrected chi connectivity index (χ3v) is 0.608. The van der Waals surface area contributed by atoms with Crippen LogP contribution in [-0.4, -0.2) is 14.9 Å². The van der Waals surface area contributed by atoms with Crippen molar-refractivity contribution in [3.8, 4) is 0 Å². The number of rotatable bonds is 1. The molecule has 1 rings (SSSR count). The summed E-state index contributed by atoms with van der Waals surface area (Å²) in [6.07, 6.45) is 3.54. The van der Waals surface area contributed by atoms with Crippen molar-refractivity contribution >= 4 is 5.95 Å². The Hall–Kier alpha value is -1.39. The van der Waals surface area contributed by atoms with E-state index in [2.05, 4.69) is 16.2 Å². The molecule has 0 bridgehead atoms. The lowest BCUT2D eigenvalue weighted by molar-refractivity contribution is -0.393. The van der Waals surface area contributed by atoms with Crippen molar-refractivity contribution in [2.24, 2.45) is 0 Å². The van der Waals surface area contributed by atoms with Crippen LogP contribution in [0.3, 0.4) is 0 Å².